The summed E-state index contributed by atoms with van der Waals surface area (Å²) in [6, 6.07) is 0.132. The molecule has 1 amide bonds. The summed E-state index contributed by atoms with van der Waals surface area (Å²) >= 11 is 0. The van der Waals surface area contributed by atoms with Gasteiger partial charge in [-0.05, 0) is 41.5 Å². The number of nitrogens with one attached hydrogen (secondary N) is 2. The molecule has 1 aliphatic rings. The highest BCUT2D eigenvalue weighted by molar-refractivity contribution is 5.72. The summed E-state index contributed by atoms with van der Waals surface area (Å²) in [4.78, 5) is 25.9. The first-order chi connectivity index (χ1) is 11.4. The molecule has 7 heteroatoms. The van der Waals surface area contributed by atoms with E-state index in [9.17, 15) is 9.59 Å². The van der Waals surface area contributed by atoms with E-state index in [2.05, 4.69) is 10.6 Å². The first-order valence-corrected chi connectivity index (χ1v) is 9.02. The number of rotatable bonds is 5. The van der Waals surface area contributed by atoms with E-state index in [1.165, 1.54) is 0 Å². The third kappa shape index (κ3) is 9.07. The summed E-state index contributed by atoms with van der Waals surface area (Å²) in [5.74, 6) is -0.420. The topological polar surface area (TPSA) is 79.9 Å². The Balaban J connectivity index is 2.35. The van der Waals surface area contributed by atoms with Crippen molar-refractivity contribution in [3.05, 3.63) is 0 Å². The highest BCUT2D eigenvalue weighted by Crippen LogP contribution is 2.12. The quantitative estimate of drug-likeness (QED) is 0.730. The van der Waals surface area contributed by atoms with Crippen molar-refractivity contribution >= 4 is 12.1 Å². The van der Waals surface area contributed by atoms with Gasteiger partial charge in [0.05, 0.1) is 5.92 Å². The number of esters is 1. The maximum atomic E-state index is 12.2. The Morgan fingerprint density at radius 1 is 1.16 bits per heavy atom. The van der Waals surface area contributed by atoms with Crippen molar-refractivity contribution in [3.63, 3.8) is 0 Å². The van der Waals surface area contributed by atoms with Crippen LogP contribution in [0.4, 0.5) is 4.79 Å². The number of hydrogen-bond donors (Lipinski definition) is 2. The van der Waals surface area contributed by atoms with Gasteiger partial charge in [0.1, 0.15) is 11.2 Å². The van der Waals surface area contributed by atoms with Crippen molar-refractivity contribution in [2.24, 2.45) is 5.92 Å². The minimum atomic E-state index is -0.488. The summed E-state index contributed by atoms with van der Waals surface area (Å²) in [7, 11) is 0. The Morgan fingerprint density at radius 2 is 1.76 bits per heavy atom. The number of piperazine rings is 1. The number of carbonyl (C=O) groups excluding carboxylic acids is 2. The minimum Gasteiger partial charge on any atom is -0.460 e. The second-order valence-electron chi connectivity index (χ2n) is 8.67. The van der Waals surface area contributed by atoms with Crippen molar-refractivity contribution < 1.29 is 19.1 Å². The number of hydrogen-bond acceptors (Lipinski definition) is 6. The third-order valence-corrected chi connectivity index (χ3v) is 3.56. The molecule has 25 heavy (non-hydrogen) atoms. The Bertz CT molecular complexity index is 454. The molecule has 2 N–H and O–H groups in total. The zero-order valence-electron chi connectivity index (χ0n) is 16.8. The maximum Gasteiger partial charge on any atom is 0.410 e. The summed E-state index contributed by atoms with van der Waals surface area (Å²) < 4.78 is 10.8. The van der Waals surface area contributed by atoms with E-state index in [1.54, 1.807) is 4.90 Å². The molecular weight excluding hydrogens is 322 g/mol. The monoisotopic (exact) mass is 357 g/mol. The normalized spacial score (nSPS) is 20.1. The molecule has 146 valence electrons. The van der Waals surface area contributed by atoms with Crippen molar-refractivity contribution in [2.75, 3.05) is 32.7 Å². The highest BCUT2D eigenvalue weighted by Gasteiger charge is 2.27. The number of amides is 1. The molecule has 0 radical (unpaired) electrons. The lowest BCUT2D eigenvalue weighted by Crippen LogP contribution is -2.56. The second kappa shape index (κ2) is 8.85. The van der Waals surface area contributed by atoms with Crippen molar-refractivity contribution in [2.45, 2.75) is 65.7 Å². The molecule has 7 nitrogen and oxygen atoms in total. The lowest BCUT2D eigenvalue weighted by molar-refractivity contribution is -0.159. The summed E-state index contributed by atoms with van der Waals surface area (Å²) in [5, 5.41) is 6.67. The van der Waals surface area contributed by atoms with E-state index >= 15 is 0 Å². The Morgan fingerprint density at radius 3 is 2.32 bits per heavy atom. The molecule has 0 spiro atoms. The van der Waals surface area contributed by atoms with Crippen molar-refractivity contribution in [1.29, 1.82) is 0 Å². The smallest absolute Gasteiger partial charge is 0.410 e. The van der Waals surface area contributed by atoms with Crippen LogP contribution >= 0.6 is 0 Å². The highest BCUT2D eigenvalue weighted by atomic mass is 16.6. The van der Waals surface area contributed by atoms with Gasteiger partial charge in [0.15, 0.2) is 0 Å². The first-order valence-electron chi connectivity index (χ1n) is 9.02. The van der Waals surface area contributed by atoms with Crippen LogP contribution in [0.15, 0.2) is 0 Å². The first kappa shape index (κ1) is 21.7. The van der Waals surface area contributed by atoms with Gasteiger partial charge in [-0.1, -0.05) is 6.92 Å². The van der Waals surface area contributed by atoms with E-state index in [0.717, 1.165) is 6.54 Å². The largest absolute Gasteiger partial charge is 0.460 e. The Hall–Kier alpha value is -1.34. The zero-order valence-corrected chi connectivity index (χ0v) is 16.8. The van der Waals surface area contributed by atoms with Gasteiger partial charge in [-0.2, -0.15) is 0 Å². The molecule has 1 heterocycles. The average molecular weight is 357 g/mol. The lowest BCUT2D eigenvalue weighted by Gasteiger charge is -2.35. The van der Waals surface area contributed by atoms with Gasteiger partial charge in [-0.25, -0.2) is 4.79 Å². The molecule has 1 fully saturated rings. The molecule has 0 saturated carbocycles. The van der Waals surface area contributed by atoms with Gasteiger partial charge in [0.25, 0.3) is 0 Å². The van der Waals surface area contributed by atoms with Crippen LogP contribution in [0.5, 0.6) is 0 Å². The van der Waals surface area contributed by atoms with Gasteiger partial charge in [-0.3, -0.25) is 4.79 Å². The summed E-state index contributed by atoms with van der Waals surface area (Å²) in [6.45, 7) is 16.2. The van der Waals surface area contributed by atoms with Gasteiger partial charge in [0, 0.05) is 38.8 Å². The zero-order chi connectivity index (χ0) is 19.3. The molecule has 0 bridgehead atoms. The number of nitrogens with zero attached hydrogens (tertiary/aromatic N) is 1. The minimum absolute atomic E-state index is 0.132. The van der Waals surface area contributed by atoms with Crippen molar-refractivity contribution in [1.82, 2.24) is 15.5 Å². The number of ether oxygens (including phenoxy) is 2. The van der Waals surface area contributed by atoms with Gasteiger partial charge in [0.2, 0.25) is 0 Å². The molecule has 1 unspecified atom stereocenters. The second-order valence-corrected chi connectivity index (χ2v) is 8.67. The number of carbonyl (C=O) groups is 2. The van der Waals surface area contributed by atoms with Crippen LogP contribution in [0.3, 0.4) is 0 Å². The molecule has 1 aliphatic heterocycles. The molecule has 0 aliphatic carbocycles. The molecule has 0 aromatic rings. The van der Waals surface area contributed by atoms with E-state index < -0.39 is 11.2 Å². The van der Waals surface area contributed by atoms with Crippen LogP contribution in [-0.4, -0.2) is 66.9 Å². The lowest BCUT2D eigenvalue weighted by atomic mass is 10.1. The Labute approximate surface area is 151 Å². The summed E-state index contributed by atoms with van der Waals surface area (Å²) in [5.41, 5.74) is -0.956. The van der Waals surface area contributed by atoms with E-state index in [-0.39, 0.29) is 24.0 Å². The van der Waals surface area contributed by atoms with Gasteiger partial charge >= 0.3 is 12.1 Å². The van der Waals surface area contributed by atoms with Crippen LogP contribution in [0.1, 0.15) is 48.5 Å². The maximum absolute atomic E-state index is 12.2. The fraction of sp³-hybridized carbons (Fsp3) is 0.889. The third-order valence-electron chi connectivity index (χ3n) is 3.56. The molecule has 0 aromatic heterocycles. The Kier molecular flexibility index (Phi) is 7.68. The molecule has 0 aromatic carbocycles. The van der Waals surface area contributed by atoms with E-state index in [4.69, 9.17) is 9.47 Å². The molecule has 1 saturated heterocycles. The standard InChI is InChI=1S/C18H35N3O4/c1-13(15(22)24-17(2,3)4)10-19-11-14-12-21(9-8-20-14)16(23)25-18(5,6)7/h13-14,19-20H,8-12H2,1-7H3/t13?,14-/m1/s1. The summed E-state index contributed by atoms with van der Waals surface area (Å²) in [6.07, 6.45) is -0.277. The predicted molar refractivity (Wildman–Crippen MR) is 97.5 cm³/mol. The van der Waals surface area contributed by atoms with Crippen LogP contribution in [0.25, 0.3) is 0 Å². The van der Waals surface area contributed by atoms with Crippen LogP contribution in [-0.2, 0) is 14.3 Å². The fourth-order valence-electron chi connectivity index (χ4n) is 2.41. The van der Waals surface area contributed by atoms with E-state index in [1.807, 2.05) is 48.5 Å². The van der Waals surface area contributed by atoms with Crippen LogP contribution in [0.2, 0.25) is 0 Å². The van der Waals surface area contributed by atoms with E-state index in [0.29, 0.717) is 26.2 Å². The van der Waals surface area contributed by atoms with Crippen LogP contribution in [0, 0.1) is 5.92 Å². The SMILES string of the molecule is CC(CNC[C@@H]1CN(C(=O)OC(C)(C)C)CCN1)C(=O)OC(C)(C)C. The predicted octanol–water partition coefficient (Wildman–Crippen LogP) is 1.76. The van der Waals surface area contributed by atoms with Gasteiger partial charge in [-0.15, -0.1) is 0 Å². The average Bonchev–Trinajstić information content (AvgIpc) is 2.44. The van der Waals surface area contributed by atoms with Crippen molar-refractivity contribution in [3.8, 4) is 0 Å². The molecule has 1 rings (SSSR count). The fourth-order valence-corrected chi connectivity index (χ4v) is 2.41. The molecule has 2 atom stereocenters. The molecular formula is C18H35N3O4. The van der Waals surface area contributed by atoms with Gasteiger partial charge < -0.3 is 25.0 Å². The van der Waals surface area contributed by atoms with Crippen LogP contribution < -0.4 is 10.6 Å².